The van der Waals surface area contributed by atoms with Crippen molar-refractivity contribution in [2.45, 2.75) is 19.1 Å². The number of anilines is 1. The maximum absolute atomic E-state index is 5.78. The highest BCUT2D eigenvalue weighted by molar-refractivity contribution is 5.23. The van der Waals surface area contributed by atoms with Gasteiger partial charge in [0.15, 0.2) is 5.82 Å². The molecule has 1 aliphatic rings. The lowest BCUT2D eigenvalue weighted by Crippen LogP contribution is -2.58. The van der Waals surface area contributed by atoms with E-state index in [0.717, 1.165) is 24.9 Å². The van der Waals surface area contributed by atoms with Gasteiger partial charge in [-0.3, -0.25) is 4.57 Å². The molecule has 1 aliphatic heterocycles. The zero-order chi connectivity index (χ0) is 10.9. The third kappa shape index (κ3) is 1.95. The molecular formula is C9H17N5O. The third-order valence-corrected chi connectivity index (χ3v) is 2.74. The molecule has 84 valence electrons. The summed E-state index contributed by atoms with van der Waals surface area (Å²) in [4.78, 5) is 0. The maximum atomic E-state index is 5.78. The zero-order valence-electron chi connectivity index (χ0n) is 9.37. The van der Waals surface area contributed by atoms with Crippen molar-refractivity contribution in [1.29, 1.82) is 0 Å². The molecule has 6 heteroatoms. The van der Waals surface area contributed by atoms with E-state index in [2.05, 4.69) is 27.8 Å². The normalized spacial score (nSPS) is 18.6. The first kappa shape index (κ1) is 10.4. The van der Waals surface area contributed by atoms with Crippen LogP contribution in [0.15, 0.2) is 0 Å². The van der Waals surface area contributed by atoms with Gasteiger partial charge in [-0.25, -0.2) is 0 Å². The highest BCUT2D eigenvalue weighted by atomic mass is 16.5. The van der Waals surface area contributed by atoms with Gasteiger partial charge in [-0.1, -0.05) is 0 Å². The molecule has 0 aliphatic carbocycles. The Morgan fingerprint density at radius 2 is 2.27 bits per heavy atom. The highest BCUT2D eigenvalue weighted by Gasteiger charge is 2.32. The number of hydrogen-bond acceptors (Lipinski definition) is 5. The van der Waals surface area contributed by atoms with Gasteiger partial charge in [0.1, 0.15) is 6.61 Å². The molecule has 0 unspecified atom stereocenters. The lowest BCUT2D eigenvalue weighted by atomic mass is 10.0. The van der Waals surface area contributed by atoms with Gasteiger partial charge in [0.25, 0.3) is 0 Å². The molecule has 0 bridgehead atoms. The predicted octanol–water partition coefficient (Wildman–Crippen LogP) is -0.265. The molecule has 0 aromatic carbocycles. The summed E-state index contributed by atoms with van der Waals surface area (Å²) in [5, 5.41) is 14.2. The van der Waals surface area contributed by atoms with Crippen LogP contribution < -0.4 is 10.6 Å². The Morgan fingerprint density at radius 3 is 2.73 bits per heavy atom. The van der Waals surface area contributed by atoms with Crippen molar-refractivity contribution in [2.75, 3.05) is 25.5 Å². The quantitative estimate of drug-likeness (QED) is 0.718. The van der Waals surface area contributed by atoms with Crippen LogP contribution in [0.4, 0.5) is 5.95 Å². The van der Waals surface area contributed by atoms with E-state index in [-0.39, 0.29) is 5.60 Å². The van der Waals surface area contributed by atoms with Crippen molar-refractivity contribution >= 4 is 5.95 Å². The van der Waals surface area contributed by atoms with Crippen LogP contribution in [0.5, 0.6) is 0 Å². The van der Waals surface area contributed by atoms with Gasteiger partial charge in [-0.2, -0.15) is 0 Å². The van der Waals surface area contributed by atoms with Crippen LogP contribution >= 0.6 is 0 Å². The minimum absolute atomic E-state index is 0.0360. The Balaban J connectivity index is 1.95. The number of hydrogen-bond donors (Lipinski definition) is 2. The summed E-state index contributed by atoms with van der Waals surface area (Å²) in [5.74, 6) is 1.60. The summed E-state index contributed by atoms with van der Waals surface area (Å²) in [6.07, 6.45) is 0. The lowest BCUT2D eigenvalue weighted by molar-refractivity contribution is -0.0796. The van der Waals surface area contributed by atoms with Crippen molar-refractivity contribution in [3.63, 3.8) is 0 Å². The van der Waals surface area contributed by atoms with E-state index in [4.69, 9.17) is 4.74 Å². The molecule has 0 radical (unpaired) electrons. The van der Waals surface area contributed by atoms with E-state index < -0.39 is 0 Å². The molecule has 1 fully saturated rings. The third-order valence-electron chi connectivity index (χ3n) is 2.74. The number of rotatable bonds is 4. The average molecular weight is 211 g/mol. The second-order valence-electron chi connectivity index (χ2n) is 4.09. The summed E-state index contributed by atoms with van der Waals surface area (Å²) in [6, 6.07) is 0. The molecule has 1 saturated heterocycles. The molecule has 0 atom stereocenters. The SMILES string of the molecule is CNc1nnc(COC2(C)CNC2)n1C. The van der Waals surface area contributed by atoms with Crippen LogP contribution in [-0.2, 0) is 18.4 Å². The molecule has 1 aromatic rings. The lowest BCUT2D eigenvalue weighted by Gasteiger charge is -2.38. The van der Waals surface area contributed by atoms with Gasteiger partial charge in [-0.15, -0.1) is 10.2 Å². The van der Waals surface area contributed by atoms with Crippen molar-refractivity contribution in [3.05, 3.63) is 5.82 Å². The Hall–Kier alpha value is -1.14. The van der Waals surface area contributed by atoms with E-state index in [0.29, 0.717) is 6.61 Å². The van der Waals surface area contributed by atoms with E-state index in [1.54, 1.807) is 0 Å². The fourth-order valence-electron chi connectivity index (χ4n) is 1.52. The Kier molecular flexibility index (Phi) is 2.62. The molecule has 0 spiro atoms. The van der Waals surface area contributed by atoms with Gasteiger partial charge < -0.3 is 15.4 Å². The Morgan fingerprint density at radius 1 is 1.53 bits per heavy atom. The smallest absolute Gasteiger partial charge is 0.224 e. The standard InChI is InChI=1S/C9H17N5O/c1-9(5-11-6-9)15-4-7-12-13-8(10-2)14(7)3/h11H,4-6H2,1-3H3,(H,10,13). The van der Waals surface area contributed by atoms with Crippen LogP contribution in [0, 0.1) is 0 Å². The first-order valence-corrected chi connectivity index (χ1v) is 5.05. The van der Waals surface area contributed by atoms with Gasteiger partial charge in [-0.05, 0) is 6.92 Å². The molecule has 2 heterocycles. The van der Waals surface area contributed by atoms with Crippen LogP contribution in [0.2, 0.25) is 0 Å². The first-order valence-electron chi connectivity index (χ1n) is 5.05. The van der Waals surface area contributed by atoms with Crippen molar-refractivity contribution in [3.8, 4) is 0 Å². The van der Waals surface area contributed by atoms with Crippen LogP contribution in [-0.4, -0.2) is 40.5 Å². The van der Waals surface area contributed by atoms with Crippen LogP contribution in [0.3, 0.4) is 0 Å². The number of ether oxygens (including phenoxy) is 1. The second-order valence-corrected chi connectivity index (χ2v) is 4.09. The summed E-state index contributed by atoms with van der Waals surface area (Å²) in [7, 11) is 3.75. The van der Waals surface area contributed by atoms with E-state index in [1.165, 1.54) is 0 Å². The fourth-order valence-corrected chi connectivity index (χ4v) is 1.52. The second kappa shape index (κ2) is 3.79. The van der Waals surface area contributed by atoms with Crippen LogP contribution in [0.25, 0.3) is 0 Å². The molecule has 2 rings (SSSR count). The van der Waals surface area contributed by atoms with Gasteiger partial charge >= 0.3 is 0 Å². The van der Waals surface area contributed by atoms with Crippen LogP contribution in [0.1, 0.15) is 12.7 Å². The van der Waals surface area contributed by atoms with E-state index in [1.807, 2.05) is 18.7 Å². The van der Waals surface area contributed by atoms with Crippen molar-refractivity contribution in [2.24, 2.45) is 7.05 Å². The topological polar surface area (TPSA) is 64.0 Å². The number of nitrogens with zero attached hydrogens (tertiary/aromatic N) is 3. The van der Waals surface area contributed by atoms with Gasteiger partial charge in [0.05, 0.1) is 5.60 Å². The highest BCUT2D eigenvalue weighted by Crippen LogP contribution is 2.17. The summed E-state index contributed by atoms with van der Waals surface area (Å²) in [6.45, 7) is 4.41. The fraction of sp³-hybridized carbons (Fsp3) is 0.778. The van der Waals surface area contributed by atoms with Gasteiger partial charge in [0, 0.05) is 27.2 Å². The molecule has 15 heavy (non-hydrogen) atoms. The summed E-state index contributed by atoms with van der Waals surface area (Å²) in [5.41, 5.74) is -0.0360. The van der Waals surface area contributed by atoms with Crippen molar-refractivity contribution < 1.29 is 4.74 Å². The molecule has 0 saturated carbocycles. The average Bonchev–Trinajstić information content (AvgIpc) is 2.53. The largest absolute Gasteiger partial charge is 0.365 e. The molecule has 1 aromatic heterocycles. The molecule has 6 nitrogen and oxygen atoms in total. The number of aromatic nitrogens is 3. The molecule has 0 amide bonds. The summed E-state index contributed by atoms with van der Waals surface area (Å²) < 4.78 is 7.67. The van der Waals surface area contributed by atoms with E-state index >= 15 is 0 Å². The molecular weight excluding hydrogens is 194 g/mol. The van der Waals surface area contributed by atoms with E-state index in [9.17, 15) is 0 Å². The minimum Gasteiger partial charge on any atom is -0.365 e. The van der Waals surface area contributed by atoms with Crippen molar-refractivity contribution in [1.82, 2.24) is 20.1 Å². The van der Waals surface area contributed by atoms with Gasteiger partial charge in [0.2, 0.25) is 5.95 Å². The zero-order valence-corrected chi connectivity index (χ0v) is 9.37. The monoisotopic (exact) mass is 211 g/mol. The minimum atomic E-state index is -0.0360. The predicted molar refractivity (Wildman–Crippen MR) is 56.6 cm³/mol. The maximum Gasteiger partial charge on any atom is 0.224 e. The summed E-state index contributed by atoms with van der Waals surface area (Å²) >= 11 is 0. The Labute approximate surface area is 89.0 Å². The first-order chi connectivity index (χ1) is 7.14. The number of nitrogens with one attached hydrogen (secondary N) is 2. The molecule has 2 N–H and O–H groups in total. The Bertz CT molecular complexity index is 344.